The van der Waals surface area contributed by atoms with Crippen molar-refractivity contribution in [2.45, 2.75) is 33.2 Å². The zero-order valence-corrected chi connectivity index (χ0v) is 13.7. The molecule has 1 rings (SSSR count). The van der Waals surface area contributed by atoms with Gasteiger partial charge in [-0.25, -0.2) is 0 Å². The molecule has 0 bridgehead atoms. The Bertz CT molecular complexity index is 390. The summed E-state index contributed by atoms with van der Waals surface area (Å²) in [7, 11) is 0. The quantitative estimate of drug-likeness (QED) is 0.855. The van der Waals surface area contributed by atoms with Crippen molar-refractivity contribution in [3.8, 4) is 5.75 Å². The molecule has 0 aliphatic heterocycles. The van der Waals surface area contributed by atoms with E-state index in [1.165, 1.54) is 0 Å². The minimum absolute atomic E-state index is 0.148. The topological polar surface area (TPSA) is 21.3 Å². The molecule has 0 aliphatic rings. The highest BCUT2D eigenvalue weighted by Crippen LogP contribution is 2.28. The van der Waals surface area contributed by atoms with Crippen LogP contribution in [0.15, 0.2) is 22.7 Å². The van der Waals surface area contributed by atoms with E-state index in [2.05, 4.69) is 48.9 Å². The summed E-state index contributed by atoms with van der Waals surface area (Å²) >= 11 is 9.33. The van der Waals surface area contributed by atoms with Gasteiger partial charge in [-0.2, -0.15) is 0 Å². The average molecular weight is 335 g/mol. The lowest BCUT2D eigenvalue weighted by molar-refractivity contribution is 0.243. The van der Waals surface area contributed by atoms with Gasteiger partial charge in [0.15, 0.2) is 0 Å². The predicted octanol–water partition coefficient (Wildman–Crippen LogP) is 4.51. The Morgan fingerprint density at radius 2 is 2.06 bits per heavy atom. The summed E-state index contributed by atoms with van der Waals surface area (Å²) in [6.07, 6.45) is 0. The van der Waals surface area contributed by atoms with Gasteiger partial charge in [0.05, 0.1) is 11.1 Å². The molecule has 0 saturated heterocycles. The number of benzene rings is 1. The van der Waals surface area contributed by atoms with Gasteiger partial charge in [-0.1, -0.05) is 18.5 Å². The number of halogens is 2. The van der Waals surface area contributed by atoms with Gasteiger partial charge in [0, 0.05) is 23.0 Å². The van der Waals surface area contributed by atoms with E-state index < -0.39 is 0 Å². The highest BCUT2D eigenvalue weighted by molar-refractivity contribution is 9.10. The number of hydrogen-bond donors (Lipinski definition) is 1. The molecule has 102 valence electrons. The summed E-state index contributed by atoms with van der Waals surface area (Å²) in [5.74, 6) is 1.29. The molecule has 0 fully saturated rings. The van der Waals surface area contributed by atoms with E-state index in [-0.39, 0.29) is 5.54 Å². The third kappa shape index (κ3) is 6.07. The maximum atomic E-state index is 5.88. The second-order valence-electron chi connectivity index (χ2n) is 5.62. The number of nitrogens with one attached hydrogen (secondary N) is 1. The van der Waals surface area contributed by atoms with Crippen LogP contribution in [0.4, 0.5) is 0 Å². The van der Waals surface area contributed by atoms with E-state index >= 15 is 0 Å². The smallest absolute Gasteiger partial charge is 0.133 e. The van der Waals surface area contributed by atoms with Crippen LogP contribution in [0.2, 0.25) is 5.02 Å². The van der Waals surface area contributed by atoms with E-state index in [0.717, 1.165) is 16.8 Å². The Kier molecular flexibility index (Phi) is 5.96. The van der Waals surface area contributed by atoms with Crippen molar-refractivity contribution in [3.05, 3.63) is 27.7 Å². The molecule has 0 aliphatic carbocycles. The standard InChI is InChI=1S/C14H21BrClNO/c1-10(8-17-14(2,3)4)9-18-13-6-5-11(16)7-12(13)15/h5-7,10,17H,8-9H2,1-4H3. The predicted molar refractivity (Wildman–Crippen MR) is 81.6 cm³/mol. The summed E-state index contributed by atoms with van der Waals surface area (Å²) in [5.41, 5.74) is 0.148. The molecule has 0 radical (unpaired) electrons. The Morgan fingerprint density at radius 3 is 2.61 bits per heavy atom. The highest BCUT2D eigenvalue weighted by Gasteiger charge is 2.12. The fourth-order valence-corrected chi connectivity index (χ4v) is 2.16. The molecule has 1 N–H and O–H groups in total. The van der Waals surface area contributed by atoms with Crippen molar-refractivity contribution in [1.82, 2.24) is 5.32 Å². The van der Waals surface area contributed by atoms with Crippen LogP contribution in [-0.2, 0) is 0 Å². The highest BCUT2D eigenvalue weighted by atomic mass is 79.9. The molecular formula is C14H21BrClNO. The van der Waals surface area contributed by atoms with Gasteiger partial charge in [0.2, 0.25) is 0 Å². The van der Waals surface area contributed by atoms with Gasteiger partial charge in [-0.05, 0) is 54.9 Å². The Labute approximate surface area is 123 Å². The van der Waals surface area contributed by atoms with E-state index in [1.54, 1.807) is 0 Å². The van der Waals surface area contributed by atoms with Crippen LogP contribution >= 0.6 is 27.5 Å². The van der Waals surface area contributed by atoms with Crippen molar-refractivity contribution >= 4 is 27.5 Å². The second-order valence-corrected chi connectivity index (χ2v) is 6.91. The molecule has 2 nitrogen and oxygen atoms in total. The molecule has 0 spiro atoms. The third-order valence-electron chi connectivity index (χ3n) is 2.40. The summed E-state index contributed by atoms with van der Waals surface area (Å²) in [4.78, 5) is 0. The minimum atomic E-state index is 0.148. The summed E-state index contributed by atoms with van der Waals surface area (Å²) < 4.78 is 6.67. The van der Waals surface area contributed by atoms with Gasteiger partial charge in [-0.3, -0.25) is 0 Å². The van der Waals surface area contributed by atoms with Gasteiger partial charge in [-0.15, -0.1) is 0 Å². The molecule has 18 heavy (non-hydrogen) atoms. The second kappa shape index (κ2) is 6.78. The molecule has 1 unspecified atom stereocenters. The number of rotatable bonds is 5. The number of hydrogen-bond acceptors (Lipinski definition) is 2. The Morgan fingerprint density at radius 1 is 1.39 bits per heavy atom. The zero-order chi connectivity index (χ0) is 13.8. The monoisotopic (exact) mass is 333 g/mol. The number of ether oxygens (including phenoxy) is 1. The Balaban J connectivity index is 2.40. The molecule has 0 aromatic heterocycles. The maximum Gasteiger partial charge on any atom is 0.133 e. The minimum Gasteiger partial charge on any atom is -0.492 e. The first-order chi connectivity index (χ1) is 8.28. The first-order valence-electron chi connectivity index (χ1n) is 6.11. The lowest BCUT2D eigenvalue weighted by atomic mass is 10.1. The molecule has 1 atom stereocenters. The fraction of sp³-hybridized carbons (Fsp3) is 0.571. The van der Waals surface area contributed by atoms with E-state index in [1.807, 2.05) is 18.2 Å². The maximum absolute atomic E-state index is 5.88. The zero-order valence-electron chi connectivity index (χ0n) is 11.4. The van der Waals surface area contributed by atoms with Crippen LogP contribution in [0, 0.1) is 5.92 Å². The lowest BCUT2D eigenvalue weighted by Crippen LogP contribution is -2.39. The molecule has 4 heteroatoms. The first-order valence-corrected chi connectivity index (χ1v) is 7.28. The van der Waals surface area contributed by atoms with Crippen LogP contribution in [-0.4, -0.2) is 18.7 Å². The fourth-order valence-electron chi connectivity index (χ4n) is 1.36. The van der Waals surface area contributed by atoms with E-state index in [4.69, 9.17) is 16.3 Å². The van der Waals surface area contributed by atoms with Crippen LogP contribution in [0.3, 0.4) is 0 Å². The van der Waals surface area contributed by atoms with Gasteiger partial charge in [0.1, 0.15) is 5.75 Å². The van der Waals surface area contributed by atoms with Crippen molar-refractivity contribution < 1.29 is 4.74 Å². The molecule has 0 heterocycles. The molecular weight excluding hydrogens is 314 g/mol. The lowest BCUT2D eigenvalue weighted by Gasteiger charge is -2.23. The summed E-state index contributed by atoms with van der Waals surface area (Å²) in [6.45, 7) is 10.3. The molecule has 1 aromatic carbocycles. The van der Waals surface area contributed by atoms with E-state index in [9.17, 15) is 0 Å². The summed E-state index contributed by atoms with van der Waals surface area (Å²) in [5, 5.41) is 4.17. The molecule has 0 saturated carbocycles. The molecule has 1 aromatic rings. The van der Waals surface area contributed by atoms with Crippen molar-refractivity contribution in [2.75, 3.05) is 13.2 Å². The third-order valence-corrected chi connectivity index (χ3v) is 3.25. The van der Waals surface area contributed by atoms with E-state index in [0.29, 0.717) is 17.5 Å². The van der Waals surface area contributed by atoms with Crippen LogP contribution in [0.1, 0.15) is 27.7 Å². The van der Waals surface area contributed by atoms with Crippen molar-refractivity contribution in [1.29, 1.82) is 0 Å². The van der Waals surface area contributed by atoms with Crippen LogP contribution < -0.4 is 10.1 Å². The normalized spacial score (nSPS) is 13.4. The largest absolute Gasteiger partial charge is 0.492 e. The van der Waals surface area contributed by atoms with Gasteiger partial charge < -0.3 is 10.1 Å². The van der Waals surface area contributed by atoms with Gasteiger partial charge in [0.25, 0.3) is 0 Å². The molecule has 0 amide bonds. The summed E-state index contributed by atoms with van der Waals surface area (Å²) in [6, 6.07) is 5.56. The van der Waals surface area contributed by atoms with Crippen molar-refractivity contribution in [2.24, 2.45) is 5.92 Å². The SMILES string of the molecule is CC(CNC(C)(C)C)COc1ccc(Cl)cc1Br. The van der Waals surface area contributed by atoms with Crippen LogP contribution in [0.5, 0.6) is 5.75 Å². The first kappa shape index (κ1) is 15.8. The van der Waals surface area contributed by atoms with Crippen LogP contribution in [0.25, 0.3) is 0 Å². The van der Waals surface area contributed by atoms with Gasteiger partial charge >= 0.3 is 0 Å². The Hall–Kier alpha value is -0.250. The average Bonchev–Trinajstić information content (AvgIpc) is 2.24. The van der Waals surface area contributed by atoms with Crippen molar-refractivity contribution in [3.63, 3.8) is 0 Å².